The minimum absolute atomic E-state index is 0.240. The first kappa shape index (κ1) is 24.6. The number of benzene rings is 3. The highest BCUT2D eigenvalue weighted by molar-refractivity contribution is 5.94. The molecule has 1 N–H and O–H groups in total. The number of nitrogens with one attached hydrogen (secondary N) is 1. The molecule has 0 fully saturated rings. The summed E-state index contributed by atoms with van der Waals surface area (Å²) in [6.45, 7) is 3.70. The lowest BCUT2D eigenvalue weighted by atomic mass is 10.2. The van der Waals surface area contributed by atoms with E-state index in [0.717, 1.165) is 0 Å². The van der Waals surface area contributed by atoms with Gasteiger partial charge in [-0.05, 0) is 68.4 Å². The Labute approximate surface area is 207 Å². The Hall–Kier alpha value is -4.53. The number of carbonyl (C=O) groups is 2. The van der Waals surface area contributed by atoms with E-state index in [-0.39, 0.29) is 12.2 Å². The van der Waals surface area contributed by atoms with Crippen molar-refractivity contribution in [2.24, 2.45) is 0 Å². The largest absolute Gasteiger partial charge is 0.462 e. The zero-order valence-corrected chi connectivity index (χ0v) is 20.1. The molecule has 0 aliphatic heterocycles. The minimum atomic E-state index is -0.652. The van der Waals surface area contributed by atoms with Gasteiger partial charge >= 0.3 is 12.0 Å². The Morgan fingerprint density at radius 2 is 1.81 bits per heavy atom. The molecule has 0 radical (unpaired) electrons. The minimum Gasteiger partial charge on any atom is -0.462 e. The van der Waals surface area contributed by atoms with Crippen molar-refractivity contribution in [1.29, 1.82) is 0 Å². The van der Waals surface area contributed by atoms with E-state index in [9.17, 15) is 18.8 Å². The second kappa shape index (κ2) is 10.4. The average molecular weight is 489 g/mol. The molecule has 0 bridgehead atoms. The van der Waals surface area contributed by atoms with Gasteiger partial charge in [0.05, 0.1) is 34.8 Å². The number of hydrogen-bond donors (Lipinski definition) is 1. The van der Waals surface area contributed by atoms with Gasteiger partial charge in [0.2, 0.25) is 0 Å². The number of fused-ring (bicyclic) bond motifs is 1. The van der Waals surface area contributed by atoms with Gasteiger partial charge in [0.1, 0.15) is 11.6 Å². The fourth-order valence-corrected chi connectivity index (χ4v) is 3.77. The zero-order valence-electron chi connectivity index (χ0n) is 20.1. The highest BCUT2D eigenvalue weighted by Crippen LogP contribution is 2.23. The summed E-state index contributed by atoms with van der Waals surface area (Å²) in [5.41, 5.74) is 1.31. The molecule has 4 aromatic rings. The van der Waals surface area contributed by atoms with Crippen LogP contribution >= 0.6 is 0 Å². The van der Waals surface area contributed by atoms with Crippen molar-refractivity contribution in [3.8, 4) is 5.69 Å². The molecule has 0 aliphatic rings. The highest BCUT2D eigenvalue weighted by atomic mass is 19.1. The molecule has 0 saturated carbocycles. The molecule has 1 heterocycles. The molecule has 1 unspecified atom stereocenters. The van der Waals surface area contributed by atoms with Gasteiger partial charge in [0.15, 0.2) is 0 Å². The van der Waals surface area contributed by atoms with E-state index in [4.69, 9.17) is 4.74 Å². The van der Waals surface area contributed by atoms with Gasteiger partial charge in [-0.25, -0.2) is 19.0 Å². The van der Waals surface area contributed by atoms with E-state index in [2.05, 4.69) is 10.3 Å². The highest BCUT2D eigenvalue weighted by Gasteiger charge is 2.24. The number of rotatable bonds is 6. The first-order chi connectivity index (χ1) is 17.3. The van der Waals surface area contributed by atoms with E-state index >= 15 is 0 Å². The second-order valence-corrected chi connectivity index (χ2v) is 8.12. The van der Waals surface area contributed by atoms with Crippen molar-refractivity contribution in [3.63, 3.8) is 0 Å². The molecular weight excluding hydrogens is 463 g/mol. The number of hydrogen-bond acceptors (Lipinski definition) is 5. The number of nitrogens with zero attached hydrogens (tertiary/aromatic N) is 3. The zero-order chi connectivity index (χ0) is 25.8. The molecular formula is C27H25FN4O4. The lowest BCUT2D eigenvalue weighted by molar-refractivity contribution is 0.0526. The van der Waals surface area contributed by atoms with E-state index in [1.165, 1.54) is 39.8 Å². The number of urea groups is 1. The Kier molecular flexibility index (Phi) is 7.10. The van der Waals surface area contributed by atoms with Crippen LogP contribution in [0.1, 0.15) is 36.1 Å². The van der Waals surface area contributed by atoms with Crippen molar-refractivity contribution in [3.05, 3.63) is 100 Å². The fourth-order valence-electron chi connectivity index (χ4n) is 3.77. The van der Waals surface area contributed by atoms with Crippen molar-refractivity contribution >= 4 is 28.6 Å². The van der Waals surface area contributed by atoms with Gasteiger partial charge in [0, 0.05) is 12.7 Å². The first-order valence-corrected chi connectivity index (χ1v) is 11.4. The third-order valence-corrected chi connectivity index (χ3v) is 5.79. The van der Waals surface area contributed by atoms with Crippen molar-refractivity contribution in [1.82, 2.24) is 14.5 Å². The van der Waals surface area contributed by atoms with E-state index < -0.39 is 23.9 Å². The number of halogens is 1. The maximum absolute atomic E-state index is 13.6. The van der Waals surface area contributed by atoms with Crippen LogP contribution < -0.4 is 10.9 Å². The Morgan fingerprint density at radius 1 is 1.08 bits per heavy atom. The van der Waals surface area contributed by atoms with E-state index in [1.807, 2.05) is 0 Å². The number of anilines is 1. The summed E-state index contributed by atoms with van der Waals surface area (Å²) in [6.07, 6.45) is 0. The SMILES string of the molecule is CCOC(=O)c1cccc(NC(=O)N(C)C(C)c2nc3ccccc3c(=O)n2-c2ccc(F)cc2)c1. The fraction of sp³-hybridized carbons (Fsp3) is 0.185. The van der Waals surface area contributed by atoms with Gasteiger partial charge in [0.25, 0.3) is 5.56 Å². The lowest BCUT2D eigenvalue weighted by Crippen LogP contribution is -2.37. The number of aromatic nitrogens is 2. The maximum atomic E-state index is 13.6. The van der Waals surface area contributed by atoms with E-state index in [1.54, 1.807) is 63.4 Å². The molecule has 3 aromatic carbocycles. The molecule has 1 aromatic heterocycles. The number of ether oxygens (including phenoxy) is 1. The lowest BCUT2D eigenvalue weighted by Gasteiger charge is -2.27. The van der Waals surface area contributed by atoms with Crippen LogP contribution in [0.25, 0.3) is 16.6 Å². The molecule has 1 atom stereocenters. The summed E-state index contributed by atoms with van der Waals surface area (Å²) >= 11 is 0. The molecule has 8 nitrogen and oxygen atoms in total. The van der Waals surface area contributed by atoms with Crippen LogP contribution in [-0.2, 0) is 4.74 Å². The van der Waals surface area contributed by atoms with Crippen LogP contribution in [0.4, 0.5) is 14.9 Å². The van der Waals surface area contributed by atoms with Crippen molar-refractivity contribution in [2.75, 3.05) is 19.0 Å². The Morgan fingerprint density at radius 3 is 2.53 bits per heavy atom. The Bertz CT molecular complexity index is 1480. The second-order valence-electron chi connectivity index (χ2n) is 8.12. The van der Waals surface area contributed by atoms with Crippen LogP contribution in [0.5, 0.6) is 0 Å². The number of esters is 1. The van der Waals surface area contributed by atoms with Crippen molar-refractivity contribution in [2.45, 2.75) is 19.9 Å². The molecule has 36 heavy (non-hydrogen) atoms. The quantitative estimate of drug-likeness (QED) is 0.389. The third-order valence-electron chi connectivity index (χ3n) is 5.79. The normalized spacial score (nSPS) is 11.7. The first-order valence-electron chi connectivity index (χ1n) is 11.4. The molecule has 9 heteroatoms. The van der Waals surface area contributed by atoms with Crippen LogP contribution in [0.2, 0.25) is 0 Å². The van der Waals surface area contributed by atoms with Gasteiger partial charge in [-0.15, -0.1) is 0 Å². The summed E-state index contributed by atoms with van der Waals surface area (Å²) in [7, 11) is 1.57. The number of para-hydroxylation sites is 1. The van der Waals surface area contributed by atoms with Crippen LogP contribution in [0.3, 0.4) is 0 Å². The molecule has 0 saturated heterocycles. The van der Waals surface area contributed by atoms with Crippen LogP contribution in [0, 0.1) is 5.82 Å². The third kappa shape index (κ3) is 4.95. The van der Waals surface area contributed by atoms with Gasteiger partial charge in [-0.3, -0.25) is 9.36 Å². The number of amides is 2. The molecule has 0 aliphatic carbocycles. The summed E-state index contributed by atoms with van der Waals surface area (Å²) < 4.78 is 20.0. The summed E-state index contributed by atoms with van der Waals surface area (Å²) in [4.78, 5) is 44.7. The summed E-state index contributed by atoms with van der Waals surface area (Å²) in [5, 5.41) is 3.17. The summed E-state index contributed by atoms with van der Waals surface area (Å²) in [6, 6.07) is 17.7. The van der Waals surface area contributed by atoms with Gasteiger partial charge in [-0.2, -0.15) is 0 Å². The van der Waals surface area contributed by atoms with Crippen LogP contribution in [0.15, 0.2) is 77.6 Å². The molecule has 2 amide bonds. The predicted molar refractivity (Wildman–Crippen MR) is 135 cm³/mol. The maximum Gasteiger partial charge on any atom is 0.338 e. The van der Waals surface area contributed by atoms with Gasteiger partial charge < -0.3 is 15.0 Å². The van der Waals surface area contributed by atoms with Gasteiger partial charge in [-0.1, -0.05) is 18.2 Å². The van der Waals surface area contributed by atoms with Crippen LogP contribution in [-0.4, -0.2) is 40.1 Å². The molecule has 184 valence electrons. The standard InChI is InChI=1S/C27H25FN4O4/c1-4-36-26(34)18-8-7-9-20(16-18)29-27(35)31(3)17(2)24-30-23-11-6-5-10-22(23)25(33)32(24)21-14-12-19(28)13-15-21/h5-17H,4H2,1-3H3,(H,29,35). The summed E-state index contributed by atoms with van der Waals surface area (Å²) in [5.74, 6) is -0.612. The smallest absolute Gasteiger partial charge is 0.338 e. The average Bonchev–Trinajstić information content (AvgIpc) is 2.88. The van der Waals surface area contributed by atoms with E-state index in [0.29, 0.717) is 33.7 Å². The Balaban J connectivity index is 1.69. The topological polar surface area (TPSA) is 93.5 Å². The molecule has 0 spiro atoms. The monoisotopic (exact) mass is 488 g/mol. The molecule has 4 rings (SSSR count). The predicted octanol–water partition coefficient (Wildman–Crippen LogP) is 4.93. The van der Waals surface area contributed by atoms with Crippen molar-refractivity contribution < 1.29 is 18.7 Å². The number of carbonyl (C=O) groups excluding carboxylic acids is 2.